The lowest BCUT2D eigenvalue weighted by atomic mass is 9.81. The van der Waals surface area contributed by atoms with Gasteiger partial charge in [-0.2, -0.15) is 0 Å². The summed E-state index contributed by atoms with van der Waals surface area (Å²) < 4.78 is 5.46. The van der Waals surface area contributed by atoms with Crippen molar-refractivity contribution in [2.45, 2.75) is 51.5 Å². The van der Waals surface area contributed by atoms with Crippen LogP contribution in [0.5, 0.6) is 0 Å². The fourth-order valence-corrected chi connectivity index (χ4v) is 6.02. The van der Waals surface area contributed by atoms with Crippen LogP contribution in [0.15, 0.2) is 53.8 Å². The van der Waals surface area contributed by atoms with E-state index in [1.165, 1.54) is 24.8 Å². The average molecular weight is 392 g/mol. The molecular weight excluding hydrogens is 362 g/mol. The highest BCUT2D eigenvalue weighted by molar-refractivity contribution is 6.04. The predicted molar refractivity (Wildman–Crippen MR) is 111 cm³/mol. The number of ether oxygens (including phenoxy) is 1. The van der Waals surface area contributed by atoms with Crippen molar-refractivity contribution in [3.8, 4) is 0 Å². The Kier molecular flexibility index (Phi) is 4.81. The lowest BCUT2D eigenvalue weighted by Gasteiger charge is -2.25. The molecular formula is C25H29NO3. The summed E-state index contributed by atoms with van der Waals surface area (Å²) in [6, 6.07) is 9.76. The number of cyclic esters (lactones) is 1. The van der Waals surface area contributed by atoms with Gasteiger partial charge in [-0.1, -0.05) is 68.7 Å². The van der Waals surface area contributed by atoms with Crippen LogP contribution in [-0.2, 0) is 9.53 Å². The van der Waals surface area contributed by atoms with Gasteiger partial charge in [0.2, 0.25) is 0 Å². The van der Waals surface area contributed by atoms with Crippen molar-refractivity contribution in [2.75, 3.05) is 6.61 Å². The molecule has 1 amide bonds. The molecule has 5 atom stereocenters. The standard InChI is InChI=1S/C25H29NO3/c1-2-3-4-8-11-19-21-17-12-13-18(14-17)22(21)24(27)23(19)26-20(15-29-25(26)28)16-9-6-5-7-10-16/h5-7,9-10,12-13,17-18,20-22H,2-4,8,11,14-15H2,1H3/t17-,18+,20+,21-,22-/m1/s1. The van der Waals surface area contributed by atoms with E-state index in [0.717, 1.165) is 24.8 Å². The smallest absolute Gasteiger partial charge is 0.415 e. The summed E-state index contributed by atoms with van der Waals surface area (Å²) in [6.07, 6.45) is 10.9. The summed E-state index contributed by atoms with van der Waals surface area (Å²) in [7, 11) is 0. The molecule has 1 saturated heterocycles. The van der Waals surface area contributed by atoms with Crippen molar-refractivity contribution in [2.24, 2.45) is 23.7 Å². The molecule has 1 aromatic carbocycles. The fraction of sp³-hybridized carbons (Fsp3) is 0.520. The number of Topliss-reactive ketones (excluding diaryl/α,β-unsaturated/α-hetero) is 1. The highest BCUT2D eigenvalue weighted by atomic mass is 16.6. The van der Waals surface area contributed by atoms with Gasteiger partial charge in [0.1, 0.15) is 6.61 Å². The van der Waals surface area contributed by atoms with Crippen LogP contribution in [0.4, 0.5) is 4.79 Å². The number of fused-ring (bicyclic) bond motifs is 5. The zero-order chi connectivity index (χ0) is 20.0. The van der Waals surface area contributed by atoms with Gasteiger partial charge >= 0.3 is 6.09 Å². The third-order valence-corrected chi connectivity index (χ3v) is 7.30. The molecule has 0 radical (unpaired) electrons. The van der Waals surface area contributed by atoms with Gasteiger partial charge in [-0.25, -0.2) is 4.79 Å². The third kappa shape index (κ3) is 2.95. The maximum absolute atomic E-state index is 13.6. The largest absolute Gasteiger partial charge is 0.447 e. The Morgan fingerprint density at radius 1 is 1.00 bits per heavy atom. The lowest BCUT2D eigenvalue weighted by Crippen LogP contribution is -2.32. The number of nitrogens with zero attached hydrogens (tertiary/aromatic N) is 1. The summed E-state index contributed by atoms with van der Waals surface area (Å²) in [5.74, 6) is 1.30. The average Bonchev–Trinajstić information content (AvgIpc) is 3.49. The van der Waals surface area contributed by atoms with E-state index >= 15 is 0 Å². The summed E-state index contributed by atoms with van der Waals surface area (Å²) in [6.45, 7) is 2.52. The number of allylic oxidation sites excluding steroid dienone is 4. The molecule has 0 N–H and O–H groups in total. The molecule has 0 aromatic heterocycles. The zero-order valence-electron chi connectivity index (χ0n) is 17.0. The van der Waals surface area contributed by atoms with Gasteiger partial charge in [0, 0.05) is 5.92 Å². The first-order valence-electron chi connectivity index (χ1n) is 11.2. The molecule has 1 aromatic rings. The Morgan fingerprint density at radius 2 is 1.76 bits per heavy atom. The first-order chi connectivity index (χ1) is 14.2. The molecule has 5 rings (SSSR count). The molecule has 1 heterocycles. The molecule has 29 heavy (non-hydrogen) atoms. The van der Waals surface area contributed by atoms with Crippen molar-refractivity contribution in [3.05, 3.63) is 59.3 Å². The molecule has 152 valence electrons. The summed E-state index contributed by atoms with van der Waals surface area (Å²) >= 11 is 0. The highest BCUT2D eigenvalue weighted by Crippen LogP contribution is 2.58. The molecule has 4 heteroatoms. The number of benzene rings is 1. The molecule has 3 aliphatic carbocycles. The van der Waals surface area contributed by atoms with E-state index in [0.29, 0.717) is 30.1 Å². The number of carbonyl (C=O) groups excluding carboxylic acids is 2. The van der Waals surface area contributed by atoms with Crippen LogP contribution in [0.1, 0.15) is 57.1 Å². The van der Waals surface area contributed by atoms with Crippen molar-refractivity contribution < 1.29 is 14.3 Å². The van der Waals surface area contributed by atoms with E-state index in [4.69, 9.17) is 4.74 Å². The van der Waals surface area contributed by atoms with E-state index in [1.807, 2.05) is 30.3 Å². The number of hydrogen-bond acceptors (Lipinski definition) is 3. The Labute approximate surface area is 172 Å². The van der Waals surface area contributed by atoms with E-state index in [1.54, 1.807) is 4.90 Å². The monoisotopic (exact) mass is 391 g/mol. The van der Waals surface area contributed by atoms with Gasteiger partial charge < -0.3 is 4.74 Å². The minimum Gasteiger partial charge on any atom is -0.447 e. The second-order valence-corrected chi connectivity index (χ2v) is 8.92. The first-order valence-corrected chi connectivity index (χ1v) is 11.2. The quantitative estimate of drug-likeness (QED) is 0.460. The van der Waals surface area contributed by atoms with Gasteiger partial charge in [-0.3, -0.25) is 9.69 Å². The predicted octanol–water partition coefficient (Wildman–Crippen LogP) is 5.43. The molecule has 4 nitrogen and oxygen atoms in total. The number of carbonyl (C=O) groups is 2. The van der Waals surface area contributed by atoms with Crippen LogP contribution in [0.25, 0.3) is 0 Å². The van der Waals surface area contributed by atoms with Crippen molar-refractivity contribution >= 4 is 11.9 Å². The molecule has 2 fully saturated rings. The zero-order valence-corrected chi connectivity index (χ0v) is 17.0. The number of rotatable bonds is 7. The summed E-state index contributed by atoms with van der Waals surface area (Å²) in [5.41, 5.74) is 2.93. The second-order valence-electron chi connectivity index (χ2n) is 8.92. The Hall–Kier alpha value is -2.36. The van der Waals surface area contributed by atoms with Crippen LogP contribution in [0, 0.1) is 23.7 Å². The molecule has 1 saturated carbocycles. The number of ketones is 1. The van der Waals surface area contributed by atoms with Crippen molar-refractivity contribution in [3.63, 3.8) is 0 Å². The number of unbranched alkanes of at least 4 members (excludes halogenated alkanes) is 3. The van der Waals surface area contributed by atoms with Crippen molar-refractivity contribution in [1.82, 2.24) is 4.90 Å². The maximum atomic E-state index is 13.6. The van der Waals surface area contributed by atoms with Crippen LogP contribution in [0.2, 0.25) is 0 Å². The molecule has 2 bridgehead atoms. The minimum atomic E-state index is -0.367. The maximum Gasteiger partial charge on any atom is 0.415 e. The van der Waals surface area contributed by atoms with Gasteiger partial charge in [-0.05, 0) is 48.2 Å². The van der Waals surface area contributed by atoms with E-state index < -0.39 is 0 Å². The van der Waals surface area contributed by atoms with Crippen LogP contribution < -0.4 is 0 Å². The van der Waals surface area contributed by atoms with Crippen LogP contribution in [-0.4, -0.2) is 23.4 Å². The Balaban J connectivity index is 1.53. The molecule has 0 unspecified atom stereocenters. The summed E-state index contributed by atoms with van der Waals surface area (Å²) in [5, 5.41) is 0. The van der Waals surface area contributed by atoms with Crippen LogP contribution in [0.3, 0.4) is 0 Å². The lowest BCUT2D eigenvalue weighted by molar-refractivity contribution is -0.120. The van der Waals surface area contributed by atoms with E-state index in [2.05, 4.69) is 19.1 Å². The van der Waals surface area contributed by atoms with Gasteiger partial charge in [-0.15, -0.1) is 0 Å². The number of amides is 1. The topological polar surface area (TPSA) is 46.6 Å². The highest BCUT2D eigenvalue weighted by Gasteiger charge is 2.57. The Bertz CT molecular complexity index is 871. The van der Waals surface area contributed by atoms with Gasteiger partial charge in [0.05, 0.1) is 11.7 Å². The number of hydrogen-bond donors (Lipinski definition) is 0. The molecule has 4 aliphatic rings. The molecule has 0 spiro atoms. The van der Waals surface area contributed by atoms with E-state index in [-0.39, 0.29) is 23.8 Å². The summed E-state index contributed by atoms with van der Waals surface area (Å²) in [4.78, 5) is 28.2. The van der Waals surface area contributed by atoms with Gasteiger partial charge in [0.15, 0.2) is 5.78 Å². The Morgan fingerprint density at radius 3 is 2.52 bits per heavy atom. The van der Waals surface area contributed by atoms with Gasteiger partial charge in [0.25, 0.3) is 0 Å². The third-order valence-electron chi connectivity index (χ3n) is 7.30. The second kappa shape index (κ2) is 7.47. The van der Waals surface area contributed by atoms with E-state index in [9.17, 15) is 9.59 Å². The molecule has 1 aliphatic heterocycles. The van der Waals surface area contributed by atoms with Crippen molar-refractivity contribution in [1.29, 1.82) is 0 Å². The SMILES string of the molecule is CCCCCCC1=C(N2C(=O)OC[C@H]2c2ccccc2)C(=O)[C@H]2[C@@H]1[C@@H]1C=C[C@H]2C1. The normalized spacial score (nSPS) is 32.4. The fourth-order valence-electron chi connectivity index (χ4n) is 6.02. The minimum absolute atomic E-state index is 0.0333. The first kappa shape index (κ1) is 18.7. The van der Waals surface area contributed by atoms with Crippen LogP contribution >= 0.6 is 0 Å².